The zero-order chi connectivity index (χ0) is 48.4. The molecular formula is C50H54Cl2N10O7. The van der Waals surface area contributed by atoms with Crippen molar-refractivity contribution < 1.29 is 33.4 Å². The molecule has 0 saturated carbocycles. The highest BCUT2D eigenvalue weighted by atomic mass is 35.5. The fourth-order valence-electron chi connectivity index (χ4n) is 9.97. The molecule has 4 aromatic rings. The summed E-state index contributed by atoms with van der Waals surface area (Å²) in [7, 11) is 0. The number of nitrogens with one attached hydrogen (secondary N) is 2. The van der Waals surface area contributed by atoms with Gasteiger partial charge in [-0.25, -0.2) is 9.97 Å². The van der Waals surface area contributed by atoms with Gasteiger partial charge in [-0.2, -0.15) is 5.26 Å². The van der Waals surface area contributed by atoms with Crippen molar-refractivity contribution in [2.24, 2.45) is 0 Å². The quantitative estimate of drug-likeness (QED) is 0.122. The number of hydrogen-bond donors (Lipinski definition) is 2. The van der Waals surface area contributed by atoms with Gasteiger partial charge in [-0.15, -0.1) is 11.6 Å². The number of amides is 5. The zero-order valence-electron chi connectivity index (χ0n) is 38.6. The number of likely N-dealkylation sites (tertiary alicyclic amines) is 2. The molecule has 1 aromatic heterocycles. The van der Waals surface area contributed by atoms with Crippen molar-refractivity contribution in [1.82, 2.24) is 34.9 Å². The highest BCUT2D eigenvalue weighted by Gasteiger charge is 2.46. The molecule has 17 nitrogen and oxygen atoms in total. The van der Waals surface area contributed by atoms with Crippen LogP contribution < -0.4 is 25.0 Å². The van der Waals surface area contributed by atoms with E-state index in [9.17, 15) is 29.2 Å². The van der Waals surface area contributed by atoms with Gasteiger partial charge in [0, 0.05) is 88.2 Å². The molecule has 5 aliphatic rings. The molecule has 9 rings (SSSR count). The van der Waals surface area contributed by atoms with Crippen molar-refractivity contribution in [3.63, 3.8) is 0 Å². The maximum Gasteiger partial charge on any atom is 0.264 e. The molecule has 1 unspecified atom stereocenters. The van der Waals surface area contributed by atoms with Crippen molar-refractivity contribution in [3.8, 4) is 17.6 Å². The molecule has 6 heterocycles. The third-order valence-electron chi connectivity index (χ3n) is 14.1. The highest BCUT2D eigenvalue weighted by molar-refractivity contribution is 6.32. The number of carbonyl (C=O) groups is 5. The number of piperazine rings is 1. The summed E-state index contributed by atoms with van der Waals surface area (Å²) in [6, 6.07) is 20.2. The summed E-state index contributed by atoms with van der Waals surface area (Å²) >= 11 is 12.3. The molecule has 2 N–H and O–H groups in total. The standard InChI is InChI=1S/C50H54Cl2N10O7/c1-50(2,33-24-31(26-53)45(39(52)25-33)68-23-15-51)32-6-8-37(9-7-32)69-30-34-12-16-54-49(56-34)60-21-19-59(20-22-60)35-13-17-58(18-14-35)36-28-61(29-36)43(64)27-55-40-5-3-4-38-44(40)48(67)62(47(38)66)41-10-11-42(63)57-46(41)65/h3-9,12,16,24-25,35-36,41,55H,10-11,13-15,17-23,27-30H2,1-2H3,(H,57,63,65). The summed E-state index contributed by atoms with van der Waals surface area (Å²) in [6.45, 7) is 11.4. The maximum absolute atomic E-state index is 13.4. The number of carbonyl (C=O) groups excluding carboxylic acids is 5. The minimum absolute atomic E-state index is 0.0391. The Morgan fingerprint density at radius 2 is 1.64 bits per heavy atom. The Hall–Kier alpha value is -6.32. The average molecular weight is 978 g/mol. The summed E-state index contributed by atoms with van der Waals surface area (Å²) in [6.07, 6.45) is 4.01. The number of anilines is 2. The van der Waals surface area contributed by atoms with Gasteiger partial charge in [-0.05, 0) is 72.9 Å². The van der Waals surface area contributed by atoms with E-state index < -0.39 is 35.1 Å². The van der Waals surface area contributed by atoms with Crippen molar-refractivity contribution >= 4 is 64.4 Å². The first kappa shape index (κ1) is 47.7. The van der Waals surface area contributed by atoms with E-state index in [0.29, 0.717) is 71.4 Å². The van der Waals surface area contributed by atoms with Crippen molar-refractivity contribution in [1.29, 1.82) is 5.26 Å². The molecular weight excluding hydrogens is 924 g/mol. The number of rotatable bonds is 15. The molecule has 5 amide bonds. The van der Waals surface area contributed by atoms with Crippen molar-refractivity contribution in [2.75, 3.05) is 81.6 Å². The van der Waals surface area contributed by atoms with E-state index in [1.54, 1.807) is 18.3 Å². The summed E-state index contributed by atoms with van der Waals surface area (Å²) in [5.74, 6) is -0.356. The Kier molecular flexibility index (Phi) is 14.1. The molecule has 360 valence electrons. The zero-order valence-corrected chi connectivity index (χ0v) is 40.1. The number of nitriles is 1. The Morgan fingerprint density at radius 3 is 2.35 bits per heavy atom. The van der Waals surface area contributed by atoms with Gasteiger partial charge in [-0.3, -0.25) is 44.0 Å². The van der Waals surface area contributed by atoms with E-state index >= 15 is 0 Å². The number of halogens is 2. The van der Waals surface area contributed by atoms with Crippen LogP contribution in [0.5, 0.6) is 11.5 Å². The van der Waals surface area contributed by atoms with Gasteiger partial charge in [0.25, 0.3) is 11.8 Å². The lowest BCUT2D eigenvalue weighted by atomic mass is 9.77. The van der Waals surface area contributed by atoms with E-state index in [4.69, 9.17) is 37.7 Å². The van der Waals surface area contributed by atoms with Gasteiger partial charge in [0.15, 0.2) is 5.75 Å². The van der Waals surface area contributed by atoms with E-state index in [2.05, 4.69) is 50.2 Å². The minimum Gasteiger partial charge on any atom is -0.489 e. The number of alkyl halides is 1. The molecule has 3 aromatic carbocycles. The molecule has 0 spiro atoms. The van der Waals surface area contributed by atoms with E-state index in [1.807, 2.05) is 47.4 Å². The molecule has 0 radical (unpaired) electrons. The molecule has 0 aliphatic carbocycles. The predicted octanol–water partition coefficient (Wildman–Crippen LogP) is 4.83. The third-order valence-corrected chi connectivity index (χ3v) is 14.5. The van der Waals surface area contributed by atoms with Crippen LogP contribution in [0.4, 0.5) is 11.6 Å². The number of piperidine rings is 2. The maximum atomic E-state index is 13.4. The fraction of sp³-hybridized carbons (Fsp3) is 0.440. The lowest BCUT2D eigenvalue weighted by Gasteiger charge is -2.49. The topological polar surface area (TPSA) is 194 Å². The average Bonchev–Trinajstić information content (AvgIpc) is 3.60. The first-order valence-corrected chi connectivity index (χ1v) is 24.3. The predicted molar refractivity (Wildman–Crippen MR) is 258 cm³/mol. The number of imide groups is 2. The van der Waals surface area contributed by atoms with Crippen molar-refractivity contribution in [3.05, 3.63) is 105 Å². The smallest absolute Gasteiger partial charge is 0.264 e. The first-order chi connectivity index (χ1) is 33.3. The molecule has 19 heteroatoms. The summed E-state index contributed by atoms with van der Waals surface area (Å²) in [5.41, 5.74) is 3.27. The van der Waals surface area contributed by atoms with Crippen LogP contribution in [0.15, 0.2) is 66.9 Å². The van der Waals surface area contributed by atoms with E-state index in [0.717, 1.165) is 73.8 Å². The molecule has 5 aliphatic heterocycles. The number of benzene rings is 3. The van der Waals surface area contributed by atoms with Gasteiger partial charge in [0.05, 0.1) is 39.8 Å². The lowest BCUT2D eigenvalue weighted by Crippen LogP contribution is -2.64. The Bertz CT molecular complexity index is 2670. The van der Waals surface area contributed by atoms with Crippen LogP contribution >= 0.6 is 23.2 Å². The first-order valence-electron chi connectivity index (χ1n) is 23.4. The Morgan fingerprint density at radius 1 is 0.899 bits per heavy atom. The molecule has 1 atom stereocenters. The number of ether oxygens (including phenoxy) is 2. The number of fused-ring (bicyclic) bond motifs is 1. The van der Waals surface area contributed by atoms with Crippen LogP contribution in [0.25, 0.3) is 0 Å². The second-order valence-electron chi connectivity index (χ2n) is 18.5. The van der Waals surface area contributed by atoms with Crippen LogP contribution in [0, 0.1) is 11.3 Å². The van der Waals surface area contributed by atoms with Crippen LogP contribution in [0.3, 0.4) is 0 Å². The summed E-state index contributed by atoms with van der Waals surface area (Å²) < 4.78 is 11.8. The summed E-state index contributed by atoms with van der Waals surface area (Å²) in [4.78, 5) is 83.6. The Labute approximate surface area is 410 Å². The van der Waals surface area contributed by atoms with E-state index in [1.165, 1.54) is 6.07 Å². The van der Waals surface area contributed by atoms with Crippen LogP contribution in [-0.4, -0.2) is 149 Å². The van der Waals surface area contributed by atoms with Crippen LogP contribution in [-0.2, 0) is 26.4 Å². The molecule has 4 fully saturated rings. The third kappa shape index (κ3) is 9.94. The highest BCUT2D eigenvalue weighted by Crippen LogP contribution is 2.39. The normalized spacial score (nSPS) is 19.5. The summed E-state index contributed by atoms with van der Waals surface area (Å²) in [5, 5.41) is 15.4. The van der Waals surface area contributed by atoms with Crippen molar-refractivity contribution in [2.45, 2.75) is 69.7 Å². The SMILES string of the molecule is CC(C)(c1ccc(OCc2ccnc(N3CCN(C4CCN(C5CN(C(=O)CNc6cccc7c6C(=O)N(C6CCC(=O)NC6=O)C7=O)C5)CC4)CC3)n2)cc1)c1cc(Cl)c(OCCCl)c(C#N)c1. The second kappa shape index (κ2) is 20.3. The fourth-order valence-corrected chi connectivity index (χ4v) is 10.3. The lowest BCUT2D eigenvalue weighted by molar-refractivity contribution is -0.137. The molecule has 0 bridgehead atoms. The van der Waals surface area contributed by atoms with Gasteiger partial charge >= 0.3 is 0 Å². The number of nitrogens with zero attached hydrogens (tertiary/aromatic N) is 8. The van der Waals surface area contributed by atoms with Gasteiger partial charge in [-0.1, -0.05) is 43.6 Å². The van der Waals surface area contributed by atoms with E-state index in [-0.39, 0.29) is 43.0 Å². The monoisotopic (exact) mass is 976 g/mol. The van der Waals surface area contributed by atoms with Gasteiger partial charge in [0.2, 0.25) is 23.7 Å². The minimum atomic E-state index is -1.06. The molecule has 4 saturated heterocycles. The number of hydrogen-bond acceptors (Lipinski definition) is 14. The molecule has 69 heavy (non-hydrogen) atoms. The van der Waals surface area contributed by atoms with Crippen LogP contribution in [0.1, 0.15) is 82.6 Å². The second-order valence-corrected chi connectivity index (χ2v) is 19.3. The van der Waals surface area contributed by atoms with Crippen LogP contribution in [0.2, 0.25) is 5.02 Å². The largest absolute Gasteiger partial charge is 0.489 e. The number of aromatic nitrogens is 2. The Balaban J connectivity index is 0.696. The van der Waals surface area contributed by atoms with Gasteiger partial charge in [0.1, 0.15) is 31.1 Å². The van der Waals surface area contributed by atoms with Gasteiger partial charge < -0.3 is 24.6 Å².